The van der Waals surface area contributed by atoms with Crippen molar-refractivity contribution in [2.75, 3.05) is 18.1 Å². The number of nitrogens with zero attached hydrogens (tertiary/aromatic N) is 3. The molecule has 164 valence electrons. The van der Waals surface area contributed by atoms with Gasteiger partial charge in [0.05, 0.1) is 21.7 Å². The van der Waals surface area contributed by atoms with E-state index in [2.05, 4.69) is 15.3 Å². The van der Waals surface area contributed by atoms with Crippen LogP contribution < -0.4 is 5.32 Å². The van der Waals surface area contributed by atoms with Gasteiger partial charge in [-0.3, -0.25) is 4.79 Å². The van der Waals surface area contributed by atoms with Gasteiger partial charge >= 0.3 is 0 Å². The van der Waals surface area contributed by atoms with Gasteiger partial charge in [0.15, 0.2) is 0 Å². The summed E-state index contributed by atoms with van der Waals surface area (Å²) in [5.41, 5.74) is 1.16. The number of fused-ring (bicyclic) bond motifs is 1. The molecule has 1 saturated carbocycles. The number of thiophene rings is 1. The van der Waals surface area contributed by atoms with Crippen molar-refractivity contribution >= 4 is 54.9 Å². The van der Waals surface area contributed by atoms with Gasteiger partial charge in [-0.2, -0.15) is 4.31 Å². The molecule has 7 nitrogen and oxygen atoms in total. The molecule has 1 aliphatic carbocycles. The molecule has 2 aromatic heterocycles. The third-order valence-corrected chi connectivity index (χ3v) is 9.45. The molecule has 1 fully saturated rings. The Balaban J connectivity index is 1.48. The molecule has 3 aromatic rings. The zero-order valence-corrected chi connectivity index (χ0v) is 19.6. The molecule has 1 aromatic carbocycles. The van der Waals surface area contributed by atoms with Crippen molar-refractivity contribution in [1.29, 1.82) is 0 Å². The lowest BCUT2D eigenvalue weighted by molar-refractivity contribution is -0.113. The maximum absolute atomic E-state index is 13.3. The minimum atomic E-state index is -3.71. The van der Waals surface area contributed by atoms with Gasteiger partial charge in [0.2, 0.25) is 15.9 Å². The first-order valence-corrected chi connectivity index (χ1v) is 13.5. The smallest absolute Gasteiger partial charge is 0.245 e. The predicted molar refractivity (Wildman–Crippen MR) is 125 cm³/mol. The van der Waals surface area contributed by atoms with Crippen LogP contribution in [0.1, 0.15) is 32.1 Å². The maximum Gasteiger partial charge on any atom is 0.245 e. The molecule has 2 heterocycles. The van der Waals surface area contributed by atoms with Gasteiger partial charge in [0.1, 0.15) is 16.2 Å². The van der Waals surface area contributed by atoms with Crippen molar-refractivity contribution in [3.05, 3.63) is 42.0 Å². The molecule has 31 heavy (non-hydrogen) atoms. The molecule has 10 heteroatoms. The molecular weight excluding hydrogens is 452 g/mol. The third-order valence-electron chi connectivity index (χ3n) is 5.46. The number of rotatable bonds is 7. The lowest BCUT2D eigenvalue weighted by atomic mass is 9.96. The molecule has 0 atom stereocenters. The zero-order valence-electron chi connectivity index (χ0n) is 17.2. The highest BCUT2D eigenvalue weighted by Gasteiger charge is 2.31. The number of amides is 1. The van der Waals surface area contributed by atoms with Crippen molar-refractivity contribution < 1.29 is 13.2 Å². The van der Waals surface area contributed by atoms with Crippen molar-refractivity contribution in [1.82, 2.24) is 14.3 Å². The Bertz CT molecular complexity index is 1170. The van der Waals surface area contributed by atoms with Crippen LogP contribution in [-0.4, -0.2) is 47.4 Å². The van der Waals surface area contributed by atoms with Gasteiger partial charge in [0, 0.05) is 13.1 Å². The number of aromatic nitrogens is 2. The summed E-state index contributed by atoms with van der Waals surface area (Å²) < 4.78 is 29.0. The lowest BCUT2D eigenvalue weighted by Gasteiger charge is -2.30. The van der Waals surface area contributed by atoms with Crippen LogP contribution in [0.5, 0.6) is 0 Å². The van der Waals surface area contributed by atoms with Gasteiger partial charge < -0.3 is 5.32 Å². The van der Waals surface area contributed by atoms with Gasteiger partial charge in [-0.1, -0.05) is 43.2 Å². The molecular formula is C21H24N4O3S3. The van der Waals surface area contributed by atoms with Crippen molar-refractivity contribution in [3.8, 4) is 0 Å². The second-order valence-electron chi connectivity index (χ2n) is 7.46. The fourth-order valence-electron chi connectivity index (χ4n) is 3.78. The number of nitrogens with one attached hydrogen (secondary N) is 1. The van der Waals surface area contributed by atoms with Gasteiger partial charge in [-0.05, 0) is 36.4 Å². The molecule has 1 amide bonds. The summed E-state index contributed by atoms with van der Waals surface area (Å²) in [6.07, 6.45) is 6.46. The predicted octanol–water partition coefficient (Wildman–Crippen LogP) is 4.38. The van der Waals surface area contributed by atoms with E-state index < -0.39 is 10.0 Å². The summed E-state index contributed by atoms with van der Waals surface area (Å²) in [7, 11) is -2.07. The number of anilines is 1. The van der Waals surface area contributed by atoms with E-state index in [1.165, 1.54) is 33.7 Å². The molecule has 0 spiro atoms. The minimum absolute atomic E-state index is 0.00373. The standard InChI is InChI=1S/C21H24N4O3S3/c1-25(15-7-3-2-4-8-15)31(27,28)18-10-6-5-9-16(18)24-19(26)13-30-21-20-17(11-12-29-20)22-14-23-21/h5-6,9-12,14-15H,2-4,7-8,13H2,1H3,(H,24,26). The number of thioether (sulfide) groups is 1. The van der Waals surface area contributed by atoms with E-state index >= 15 is 0 Å². The Morgan fingerprint density at radius 2 is 1.97 bits per heavy atom. The molecule has 0 unspecified atom stereocenters. The second-order valence-corrected chi connectivity index (χ2v) is 11.3. The number of carbonyl (C=O) groups is 1. The van der Waals surface area contributed by atoms with E-state index in [1.54, 1.807) is 31.3 Å². The Morgan fingerprint density at radius 1 is 1.19 bits per heavy atom. The van der Waals surface area contributed by atoms with E-state index in [-0.39, 0.29) is 22.6 Å². The normalized spacial score (nSPS) is 15.4. The summed E-state index contributed by atoms with van der Waals surface area (Å²) in [5, 5.41) is 5.46. The van der Waals surface area contributed by atoms with E-state index in [0.717, 1.165) is 47.3 Å². The molecule has 4 rings (SSSR count). The molecule has 1 aliphatic rings. The van der Waals surface area contributed by atoms with Gasteiger partial charge in [-0.15, -0.1) is 11.3 Å². The number of carbonyl (C=O) groups excluding carboxylic acids is 1. The second kappa shape index (κ2) is 9.64. The maximum atomic E-state index is 13.3. The SMILES string of the molecule is CN(C1CCCCC1)S(=O)(=O)c1ccccc1NC(=O)CSc1ncnc2ccsc12. The number of benzene rings is 1. The van der Waals surface area contributed by atoms with Crippen molar-refractivity contribution in [2.45, 2.75) is 48.1 Å². The number of para-hydroxylation sites is 1. The highest BCUT2D eigenvalue weighted by Crippen LogP contribution is 2.31. The van der Waals surface area contributed by atoms with Crippen LogP contribution in [0.2, 0.25) is 0 Å². The number of hydrogen-bond acceptors (Lipinski definition) is 7. The molecule has 0 saturated heterocycles. The molecule has 0 radical (unpaired) electrons. The Kier molecular flexibility index (Phi) is 6.90. The Morgan fingerprint density at radius 3 is 2.77 bits per heavy atom. The highest BCUT2D eigenvalue weighted by atomic mass is 32.2. The lowest BCUT2D eigenvalue weighted by Crippen LogP contribution is -2.38. The molecule has 0 bridgehead atoms. The average Bonchev–Trinajstić information content (AvgIpc) is 3.27. The minimum Gasteiger partial charge on any atom is -0.324 e. The van der Waals surface area contributed by atoms with Crippen LogP contribution in [-0.2, 0) is 14.8 Å². The summed E-state index contributed by atoms with van der Waals surface area (Å²) in [4.78, 5) is 21.2. The molecule has 0 aliphatic heterocycles. The van der Waals surface area contributed by atoms with Crippen LogP contribution in [0.4, 0.5) is 5.69 Å². The third kappa shape index (κ3) is 4.92. The number of sulfonamides is 1. The van der Waals surface area contributed by atoms with Crippen molar-refractivity contribution in [2.24, 2.45) is 0 Å². The highest BCUT2D eigenvalue weighted by molar-refractivity contribution is 8.00. The van der Waals surface area contributed by atoms with E-state index in [9.17, 15) is 13.2 Å². The van der Waals surface area contributed by atoms with Gasteiger partial charge in [-0.25, -0.2) is 18.4 Å². The van der Waals surface area contributed by atoms with Crippen LogP contribution in [0.15, 0.2) is 52.0 Å². The quantitative estimate of drug-likeness (QED) is 0.402. The zero-order chi connectivity index (χ0) is 21.8. The fraction of sp³-hybridized carbons (Fsp3) is 0.381. The Labute approximate surface area is 190 Å². The summed E-state index contributed by atoms with van der Waals surface area (Å²) in [6, 6.07) is 8.51. The average molecular weight is 477 g/mol. The van der Waals surface area contributed by atoms with Crippen molar-refractivity contribution in [3.63, 3.8) is 0 Å². The molecule has 1 N–H and O–H groups in total. The Hall–Kier alpha value is -2.01. The topological polar surface area (TPSA) is 92.3 Å². The van der Waals surface area contributed by atoms with Crippen LogP contribution in [0, 0.1) is 0 Å². The van der Waals surface area contributed by atoms with Crippen LogP contribution in [0.3, 0.4) is 0 Å². The van der Waals surface area contributed by atoms with E-state index in [4.69, 9.17) is 0 Å². The first-order valence-electron chi connectivity index (χ1n) is 10.1. The van der Waals surface area contributed by atoms with E-state index in [1.807, 2.05) is 11.4 Å². The first-order chi connectivity index (χ1) is 15.0. The van der Waals surface area contributed by atoms with Gasteiger partial charge in [0.25, 0.3) is 0 Å². The fourth-order valence-corrected chi connectivity index (χ4v) is 7.09. The summed E-state index contributed by atoms with van der Waals surface area (Å²) in [6.45, 7) is 0. The van der Waals surface area contributed by atoms with Crippen LogP contribution in [0.25, 0.3) is 10.2 Å². The van der Waals surface area contributed by atoms with Crippen LogP contribution >= 0.6 is 23.1 Å². The number of hydrogen-bond donors (Lipinski definition) is 1. The summed E-state index contributed by atoms with van der Waals surface area (Å²) in [5.74, 6) is -0.159. The summed E-state index contributed by atoms with van der Waals surface area (Å²) >= 11 is 2.84. The largest absolute Gasteiger partial charge is 0.324 e. The van der Waals surface area contributed by atoms with E-state index in [0.29, 0.717) is 5.69 Å². The first kappa shape index (κ1) is 22.2. The monoisotopic (exact) mass is 476 g/mol.